The molecule has 2 aliphatic rings. The quantitative estimate of drug-likeness (QED) is 0.870. The molecule has 0 bridgehead atoms. The maximum atomic E-state index is 13.1. The van der Waals surface area contributed by atoms with E-state index in [4.69, 9.17) is 4.74 Å². The summed E-state index contributed by atoms with van der Waals surface area (Å²) in [6.45, 7) is 1.57. The summed E-state index contributed by atoms with van der Waals surface area (Å²) in [4.78, 5) is 15.2. The summed E-state index contributed by atoms with van der Waals surface area (Å²) in [7, 11) is 1.66. The van der Waals surface area contributed by atoms with E-state index in [1.54, 1.807) is 7.11 Å². The minimum atomic E-state index is -0.293. The summed E-state index contributed by atoms with van der Waals surface area (Å²) < 4.78 is 5.22. The number of rotatable bonds is 3. The molecule has 3 nitrogen and oxygen atoms in total. The number of fused-ring (bicyclic) bond motifs is 1. The van der Waals surface area contributed by atoms with Crippen molar-refractivity contribution < 1.29 is 9.53 Å². The largest absolute Gasteiger partial charge is 0.497 e. The SMILES string of the molecule is COc1ccc(C2(C(=O)N3CCc4ccccc4C3)CC2)cc1. The third-order valence-electron chi connectivity index (χ3n) is 5.22. The molecule has 2 aromatic rings. The van der Waals surface area contributed by atoms with Gasteiger partial charge in [0, 0.05) is 13.1 Å². The van der Waals surface area contributed by atoms with Gasteiger partial charge in [0.05, 0.1) is 12.5 Å². The first kappa shape index (κ1) is 14.3. The highest BCUT2D eigenvalue weighted by Gasteiger charge is 2.53. The lowest BCUT2D eigenvalue weighted by Gasteiger charge is -2.32. The van der Waals surface area contributed by atoms with E-state index in [0.717, 1.165) is 43.7 Å². The van der Waals surface area contributed by atoms with Crippen LogP contribution in [0.25, 0.3) is 0 Å². The molecule has 0 spiro atoms. The molecular formula is C20H21NO2. The number of methoxy groups -OCH3 is 1. The standard InChI is InChI=1S/C20H21NO2/c1-23-18-8-6-17(7-9-18)20(11-12-20)19(22)21-13-10-15-4-2-3-5-16(15)14-21/h2-9H,10-14H2,1H3. The van der Waals surface area contributed by atoms with Crippen LogP contribution in [0.1, 0.15) is 29.5 Å². The van der Waals surface area contributed by atoms with Crippen molar-refractivity contribution in [2.45, 2.75) is 31.2 Å². The molecule has 0 radical (unpaired) electrons. The van der Waals surface area contributed by atoms with Gasteiger partial charge >= 0.3 is 0 Å². The molecule has 118 valence electrons. The van der Waals surface area contributed by atoms with Gasteiger partial charge in [0.15, 0.2) is 0 Å². The Morgan fingerprint density at radius 1 is 1.04 bits per heavy atom. The van der Waals surface area contributed by atoms with Crippen LogP contribution in [0.3, 0.4) is 0 Å². The Morgan fingerprint density at radius 2 is 1.74 bits per heavy atom. The number of amides is 1. The third-order valence-corrected chi connectivity index (χ3v) is 5.22. The highest BCUT2D eigenvalue weighted by atomic mass is 16.5. The molecule has 0 N–H and O–H groups in total. The number of carbonyl (C=O) groups excluding carboxylic acids is 1. The first-order chi connectivity index (χ1) is 11.2. The Balaban J connectivity index is 1.57. The Kier molecular flexibility index (Phi) is 3.37. The van der Waals surface area contributed by atoms with Crippen molar-refractivity contribution in [3.05, 3.63) is 65.2 Å². The van der Waals surface area contributed by atoms with Gasteiger partial charge in [-0.2, -0.15) is 0 Å². The van der Waals surface area contributed by atoms with Crippen molar-refractivity contribution in [3.63, 3.8) is 0 Å². The molecule has 1 saturated carbocycles. The lowest BCUT2D eigenvalue weighted by molar-refractivity contribution is -0.134. The highest BCUT2D eigenvalue weighted by Crippen LogP contribution is 2.50. The Labute approximate surface area is 136 Å². The van der Waals surface area contributed by atoms with Gasteiger partial charge in [-0.25, -0.2) is 0 Å². The molecule has 3 heteroatoms. The van der Waals surface area contributed by atoms with Crippen molar-refractivity contribution in [2.75, 3.05) is 13.7 Å². The van der Waals surface area contributed by atoms with Gasteiger partial charge in [-0.1, -0.05) is 36.4 Å². The van der Waals surface area contributed by atoms with Crippen molar-refractivity contribution >= 4 is 5.91 Å². The van der Waals surface area contributed by atoms with Gasteiger partial charge in [0.25, 0.3) is 0 Å². The van der Waals surface area contributed by atoms with E-state index >= 15 is 0 Å². The van der Waals surface area contributed by atoms with E-state index in [9.17, 15) is 4.79 Å². The average molecular weight is 307 g/mol. The third kappa shape index (κ3) is 2.40. The van der Waals surface area contributed by atoms with E-state index in [0.29, 0.717) is 0 Å². The highest BCUT2D eigenvalue weighted by molar-refractivity contribution is 5.91. The summed E-state index contributed by atoms with van der Waals surface area (Å²) in [5.41, 5.74) is 3.50. The smallest absolute Gasteiger partial charge is 0.233 e. The van der Waals surface area contributed by atoms with Crippen LogP contribution >= 0.6 is 0 Å². The predicted octanol–water partition coefficient (Wildman–Crippen LogP) is 3.31. The zero-order valence-corrected chi connectivity index (χ0v) is 13.4. The second-order valence-electron chi connectivity index (χ2n) is 6.56. The molecule has 23 heavy (non-hydrogen) atoms. The van der Waals surface area contributed by atoms with Gasteiger partial charge in [-0.3, -0.25) is 4.79 Å². The Morgan fingerprint density at radius 3 is 2.39 bits per heavy atom. The molecule has 0 aromatic heterocycles. The van der Waals surface area contributed by atoms with Crippen LogP contribution in [0, 0.1) is 0 Å². The topological polar surface area (TPSA) is 29.5 Å². The predicted molar refractivity (Wildman–Crippen MR) is 89.5 cm³/mol. The van der Waals surface area contributed by atoms with Crippen molar-refractivity contribution in [1.82, 2.24) is 4.90 Å². The van der Waals surface area contributed by atoms with Crippen LogP contribution in [0.4, 0.5) is 0 Å². The van der Waals surface area contributed by atoms with E-state index in [2.05, 4.69) is 24.3 Å². The molecule has 0 atom stereocenters. The normalized spacial score (nSPS) is 18.2. The Hall–Kier alpha value is -2.29. The van der Waals surface area contributed by atoms with E-state index in [1.807, 2.05) is 29.2 Å². The lowest BCUT2D eigenvalue weighted by atomic mass is 9.92. The fourth-order valence-electron chi connectivity index (χ4n) is 3.63. The van der Waals surface area contributed by atoms with E-state index in [1.165, 1.54) is 11.1 Å². The van der Waals surface area contributed by atoms with Crippen LogP contribution in [0.5, 0.6) is 5.75 Å². The first-order valence-corrected chi connectivity index (χ1v) is 8.24. The fraction of sp³-hybridized carbons (Fsp3) is 0.350. The van der Waals surface area contributed by atoms with Crippen molar-refractivity contribution in [2.24, 2.45) is 0 Å². The van der Waals surface area contributed by atoms with Crippen molar-refractivity contribution in [1.29, 1.82) is 0 Å². The summed E-state index contributed by atoms with van der Waals surface area (Å²) in [6, 6.07) is 16.4. The molecule has 1 aliphatic heterocycles. The van der Waals surface area contributed by atoms with E-state index in [-0.39, 0.29) is 11.3 Å². The Bertz CT molecular complexity index is 732. The zero-order valence-electron chi connectivity index (χ0n) is 13.4. The molecule has 0 unspecified atom stereocenters. The van der Waals surface area contributed by atoms with Crippen LogP contribution in [-0.4, -0.2) is 24.5 Å². The second-order valence-corrected chi connectivity index (χ2v) is 6.56. The number of carbonyl (C=O) groups is 1. The average Bonchev–Trinajstić information content (AvgIpc) is 3.42. The second kappa shape index (κ2) is 5.41. The summed E-state index contributed by atoms with van der Waals surface area (Å²) in [5.74, 6) is 1.13. The molecule has 1 amide bonds. The number of hydrogen-bond donors (Lipinski definition) is 0. The maximum Gasteiger partial charge on any atom is 0.233 e. The fourth-order valence-corrected chi connectivity index (χ4v) is 3.63. The van der Waals surface area contributed by atoms with Gasteiger partial charge in [0.2, 0.25) is 5.91 Å². The zero-order chi connectivity index (χ0) is 15.9. The molecular weight excluding hydrogens is 286 g/mol. The van der Waals surface area contributed by atoms with Crippen LogP contribution < -0.4 is 4.74 Å². The van der Waals surface area contributed by atoms with Crippen LogP contribution in [0.2, 0.25) is 0 Å². The molecule has 2 aromatic carbocycles. The van der Waals surface area contributed by atoms with Crippen LogP contribution in [0.15, 0.2) is 48.5 Å². The van der Waals surface area contributed by atoms with E-state index < -0.39 is 0 Å². The maximum absolute atomic E-state index is 13.1. The van der Waals surface area contributed by atoms with Gasteiger partial charge in [-0.15, -0.1) is 0 Å². The summed E-state index contributed by atoms with van der Waals surface area (Å²) in [6.07, 6.45) is 2.87. The number of hydrogen-bond acceptors (Lipinski definition) is 2. The monoisotopic (exact) mass is 307 g/mol. The number of benzene rings is 2. The number of nitrogens with zero attached hydrogens (tertiary/aromatic N) is 1. The minimum Gasteiger partial charge on any atom is -0.497 e. The van der Waals surface area contributed by atoms with Crippen molar-refractivity contribution in [3.8, 4) is 5.75 Å². The molecule has 4 rings (SSSR count). The number of ether oxygens (including phenoxy) is 1. The summed E-state index contributed by atoms with van der Waals surface area (Å²) >= 11 is 0. The molecule has 1 aliphatic carbocycles. The molecule has 0 saturated heterocycles. The lowest BCUT2D eigenvalue weighted by Crippen LogP contribution is -2.42. The summed E-state index contributed by atoms with van der Waals surface area (Å²) in [5, 5.41) is 0. The molecule has 1 fully saturated rings. The minimum absolute atomic E-state index is 0.289. The van der Waals surface area contributed by atoms with Gasteiger partial charge in [-0.05, 0) is 48.1 Å². The first-order valence-electron chi connectivity index (χ1n) is 8.24. The van der Waals surface area contributed by atoms with Gasteiger partial charge < -0.3 is 9.64 Å². The molecule has 1 heterocycles. The van der Waals surface area contributed by atoms with Gasteiger partial charge in [0.1, 0.15) is 5.75 Å². The van der Waals surface area contributed by atoms with Crippen LogP contribution in [-0.2, 0) is 23.2 Å².